The molecule has 1 saturated heterocycles. The summed E-state index contributed by atoms with van der Waals surface area (Å²) in [6, 6.07) is 13.7. The number of aromatic nitrogens is 1. The van der Waals surface area contributed by atoms with Gasteiger partial charge in [-0.15, -0.1) is 0 Å². The van der Waals surface area contributed by atoms with Crippen molar-refractivity contribution in [3.63, 3.8) is 0 Å². The van der Waals surface area contributed by atoms with E-state index in [-0.39, 0.29) is 24.8 Å². The lowest BCUT2D eigenvalue weighted by Crippen LogP contribution is -2.35. The van der Waals surface area contributed by atoms with E-state index in [9.17, 15) is 14.4 Å². The summed E-state index contributed by atoms with van der Waals surface area (Å²) in [5, 5.41) is 3.79. The monoisotopic (exact) mass is 391 g/mol. The Balaban J connectivity index is 1.39. The number of ether oxygens (including phenoxy) is 1. The van der Waals surface area contributed by atoms with Crippen molar-refractivity contribution in [1.82, 2.24) is 15.2 Å². The van der Waals surface area contributed by atoms with Gasteiger partial charge in [-0.1, -0.05) is 30.3 Å². The summed E-state index contributed by atoms with van der Waals surface area (Å²) in [6.45, 7) is 1.69. The number of rotatable bonds is 7. The molecule has 1 aliphatic rings. The van der Waals surface area contributed by atoms with E-state index in [0.717, 1.165) is 21.4 Å². The number of carbonyl (C=O) groups excluding carboxylic acids is 3. The first-order chi connectivity index (χ1) is 14.0. The molecular formula is C22H21N3O4. The minimum atomic E-state index is -0.605. The molecule has 4 rings (SSSR count). The summed E-state index contributed by atoms with van der Waals surface area (Å²) < 4.78 is 5.66. The summed E-state index contributed by atoms with van der Waals surface area (Å²) >= 11 is 0. The maximum absolute atomic E-state index is 12.7. The Labute approximate surface area is 167 Å². The Morgan fingerprint density at radius 2 is 1.86 bits per heavy atom. The van der Waals surface area contributed by atoms with Crippen LogP contribution >= 0.6 is 0 Å². The number of hydrogen-bond donors (Lipinski definition) is 2. The van der Waals surface area contributed by atoms with E-state index in [0.29, 0.717) is 17.7 Å². The topological polar surface area (TPSA) is 91.5 Å². The fourth-order valence-electron chi connectivity index (χ4n) is 3.58. The fraction of sp³-hybridized carbons (Fsp3) is 0.227. The number of imide groups is 1. The van der Waals surface area contributed by atoms with Crippen molar-refractivity contribution in [2.24, 2.45) is 0 Å². The Bertz CT molecular complexity index is 1090. The van der Waals surface area contributed by atoms with E-state index in [1.54, 1.807) is 24.3 Å². The lowest BCUT2D eigenvalue weighted by atomic mass is 10.1. The summed E-state index contributed by atoms with van der Waals surface area (Å²) in [5.74, 6) is 0.0699. The SMILES string of the molecule is CC(=O)c1ccccc1OCCN1C(=O)NC(Cc2c[nH]c3ccccc23)C1=O. The van der Waals surface area contributed by atoms with Gasteiger partial charge in [0.15, 0.2) is 5.78 Å². The number of para-hydroxylation sites is 2. The minimum Gasteiger partial charge on any atom is -0.491 e. The zero-order chi connectivity index (χ0) is 20.4. The second-order valence-corrected chi connectivity index (χ2v) is 6.96. The van der Waals surface area contributed by atoms with Gasteiger partial charge in [0.2, 0.25) is 0 Å². The third-order valence-corrected chi connectivity index (χ3v) is 5.04. The van der Waals surface area contributed by atoms with Gasteiger partial charge < -0.3 is 15.0 Å². The highest BCUT2D eigenvalue weighted by molar-refractivity contribution is 6.04. The van der Waals surface area contributed by atoms with Crippen molar-refractivity contribution >= 4 is 28.6 Å². The standard InChI is InChI=1S/C22H21N3O4/c1-14(26)16-6-3-5-9-20(16)29-11-10-25-21(27)19(24-22(25)28)12-15-13-23-18-8-4-2-7-17(15)18/h2-9,13,19,23H,10-12H2,1H3,(H,24,28). The number of benzene rings is 2. The smallest absolute Gasteiger partial charge is 0.324 e. The van der Waals surface area contributed by atoms with E-state index in [2.05, 4.69) is 10.3 Å². The number of aromatic amines is 1. The van der Waals surface area contributed by atoms with Crippen LogP contribution < -0.4 is 10.1 Å². The zero-order valence-corrected chi connectivity index (χ0v) is 16.0. The average molecular weight is 391 g/mol. The molecule has 0 saturated carbocycles. The second-order valence-electron chi connectivity index (χ2n) is 6.96. The summed E-state index contributed by atoms with van der Waals surface area (Å²) in [6.07, 6.45) is 2.29. The van der Waals surface area contributed by atoms with Crippen LogP contribution in [0, 0.1) is 0 Å². The third-order valence-electron chi connectivity index (χ3n) is 5.04. The molecule has 7 heteroatoms. The summed E-state index contributed by atoms with van der Waals surface area (Å²) in [5.41, 5.74) is 2.45. The number of fused-ring (bicyclic) bond motifs is 1. The molecule has 7 nitrogen and oxygen atoms in total. The summed E-state index contributed by atoms with van der Waals surface area (Å²) in [7, 11) is 0. The van der Waals surface area contributed by atoms with Gasteiger partial charge in [-0.25, -0.2) is 4.79 Å². The largest absolute Gasteiger partial charge is 0.491 e. The van der Waals surface area contributed by atoms with Crippen LogP contribution in [0.25, 0.3) is 10.9 Å². The van der Waals surface area contributed by atoms with E-state index < -0.39 is 12.1 Å². The van der Waals surface area contributed by atoms with Crippen LogP contribution in [0.4, 0.5) is 4.79 Å². The normalized spacial score (nSPS) is 16.3. The van der Waals surface area contributed by atoms with Gasteiger partial charge in [0.05, 0.1) is 12.1 Å². The van der Waals surface area contributed by atoms with E-state index in [4.69, 9.17) is 4.74 Å². The zero-order valence-electron chi connectivity index (χ0n) is 16.0. The highest BCUT2D eigenvalue weighted by Gasteiger charge is 2.38. The quantitative estimate of drug-likeness (QED) is 0.479. The molecule has 3 aromatic rings. The van der Waals surface area contributed by atoms with Crippen LogP contribution in [0.1, 0.15) is 22.8 Å². The molecular weight excluding hydrogens is 370 g/mol. The van der Waals surface area contributed by atoms with Crippen LogP contribution in [0.3, 0.4) is 0 Å². The molecule has 1 aliphatic heterocycles. The molecule has 1 atom stereocenters. The van der Waals surface area contributed by atoms with Gasteiger partial charge in [-0.3, -0.25) is 14.5 Å². The van der Waals surface area contributed by atoms with Crippen LogP contribution in [0.15, 0.2) is 54.7 Å². The molecule has 0 radical (unpaired) electrons. The number of carbonyl (C=O) groups is 3. The first-order valence-electron chi connectivity index (χ1n) is 9.44. The van der Waals surface area contributed by atoms with E-state index in [1.165, 1.54) is 6.92 Å². The first kappa shape index (κ1) is 18.7. The van der Waals surface area contributed by atoms with Gasteiger partial charge >= 0.3 is 6.03 Å². The Hall–Kier alpha value is -3.61. The Kier molecular flexibility index (Phi) is 5.03. The molecule has 148 valence electrons. The lowest BCUT2D eigenvalue weighted by molar-refractivity contribution is -0.127. The fourth-order valence-corrected chi connectivity index (χ4v) is 3.58. The number of nitrogens with zero attached hydrogens (tertiary/aromatic N) is 1. The van der Waals surface area contributed by atoms with Crippen LogP contribution in [0.2, 0.25) is 0 Å². The van der Waals surface area contributed by atoms with E-state index >= 15 is 0 Å². The number of urea groups is 1. The molecule has 1 unspecified atom stereocenters. The predicted molar refractivity (Wildman–Crippen MR) is 108 cm³/mol. The Morgan fingerprint density at radius 3 is 2.69 bits per heavy atom. The molecule has 0 aliphatic carbocycles. The van der Waals surface area contributed by atoms with Crippen LogP contribution in [0.5, 0.6) is 5.75 Å². The number of Topliss-reactive ketones (excluding diaryl/α,β-unsaturated/α-hetero) is 1. The molecule has 2 N–H and O–H groups in total. The minimum absolute atomic E-state index is 0.102. The van der Waals surface area contributed by atoms with Crippen molar-refractivity contribution < 1.29 is 19.1 Å². The highest BCUT2D eigenvalue weighted by atomic mass is 16.5. The molecule has 0 spiro atoms. The Morgan fingerprint density at radius 1 is 1.10 bits per heavy atom. The van der Waals surface area contributed by atoms with Gasteiger partial charge in [0, 0.05) is 23.5 Å². The van der Waals surface area contributed by atoms with Crippen LogP contribution in [-0.4, -0.2) is 46.8 Å². The molecule has 2 aromatic carbocycles. The summed E-state index contributed by atoms with van der Waals surface area (Å²) in [4.78, 5) is 41.0. The maximum atomic E-state index is 12.7. The maximum Gasteiger partial charge on any atom is 0.324 e. The number of H-pyrrole nitrogens is 1. The van der Waals surface area contributed by atoms with Crippen molar-refractivity contribution in [3.05, 3.63) is 65.9 Å². The van der Waals surface area contributed by atoms with Crippen LogP contribution in [-0.2, 0) is 11.2 Å². The van der Waals surface area contributed by atoms with Crippen molar-refractivity contribution in [2.75, 3.05) is 13.2 Å². The molecule has 0 bridgehead atoms. The average Bonchev–Trinajstić information content (AvgIpc) is 3.24. The lowest BCUT2D eigenvalue weighted by Gasteiger charge is -2.15. The molecule has 1 fully saturated rings. The van der Waals surface area contributed by atoms with Gasteiger partial charge in [-0.05, 0) is 30.7 Å². The number of amides is 3. The number of hydrogen-bond acceptors (Lipinski definition) is 4. The number of nitrogens with one attached hydrogen (secondary N) is 2. The molecule has 3 amide bonds. The molecule has 2 heterocycles. The number of ketones is 1. The van der Waals surface area contributed by atoms with Gasteiger partial charge in [0.25, 0.3) is 5.91 Å². The van der Waals surface area contributed by atoms with Crippen molar-refractivity contribution in [2.45, 2.75) is 19.4 Å². The van der Waals surface area contributed by atoms with E-state index in [1.807, 2.05) is 30.5 Å². The predicted octanol–water partition coefficient (Wildman–Crippen LogP) is 2.91. The first-order valence-corrected chi connectivity index (χ1v) is 9.44. The third kappa shape index (κ3) is 3.71. The highest BCUT2D eigenvalue weighted by Crippen LogP contribution is 2.22. The van der Waals surface area contributed by atoms with Gasteiger partial charge in [-0.2, -0.15) is 0 Å². The molecule has 1 aromatic heterocycles. The molecule has 29 heavy (non-hydrogen) atoms. The second kappa shape index (κ2) is 7.79. The van der Waals surface area contributed by atoms with Gasteiger partial charge in [0.1, 0.15) is 18.4 Å². The van der Waals surface area contributed by atoms with Crippen molar-refractivity contribution in [3.8, 4) is 5.75 Å². The van der Waals surface area contributed by atoms with Crippen molar-refractivity contribution in [1.29, 1.82) is 0 Å².